The molecule has 0 spiro atoms. The molecule has 158 valence electrons. The number of thiocarbonyl (C=S) groups is 1. The fourth-order valence-electron chi connectivity index (χ4n) is 3.24. The lowest BCUT2D eigenvalue weighted by Gasteiger charge is -2.26. The lowest BCUT2D eigenvalue weighted by molar-refractivity contribution is 0.195. The van der Waals surface area contributed by atoms with Crippen LogP contribution in [0.3, 0.4) is 0 Å². The van der Waals surface area contributed by atoms with Gasteiger partial charge in [0.05, 0.1) is 6.54 Å². The fraction of sp³-hybridized carbons (Fsp3) is 0.304. The average molecular weight is 444 g/mol. The summed E-state index contributed by atoms with van der Waals surface area (Å²) in [6, 6.07) is 15.8. The molecule has 3 rings (SSSR count). The van der Waals surface area contributed by atoms with Gasteiger partial charge in [-0.1, -0.05) is 41.9 Å². The van der Waals surface area contributed by atoms with Crippen LogP contribution in [0.25, 0.3) is 10.9 Å². The highest BCUT2D eigenvalue weighted by atomic mass is 35.5. The number of aromatic amines is 1. The van der Waals surface area contributed by atoms with E-state index in [1.807, 2.05) is 42.2 Å². The maximum atomic E-state index is 12.7. The van der Waals surface area contributed by atoms with E-state index < -0.39 is 0 Å². The summed E-state index contributed by atoms with van der Waals surface area (Å²) in [5.74, 6) is 0. The van der Waals surface area contributed by atoms with Crippen LogP contribution in [0.15, 0.2) is 53.3 Å². The highest BCUT2D eigenvalue weighted by Crippen LogP contribution is 2.22. The van der Waals surface area contributed by atoms with Gasteiger partial charge in [0.1, 0.15) is 0 Å². The monoisotopic (exact) mass is 443 g/mol. The quantitative estimate of drug-likeness (QED) is 0.399. The van der Waals surface area contributed by atoms with E-state index in [2.05, 4.69) is 22.4 Å². The molecule has 0 fully saturated rings. The van der Waals surface area contributed by atoms with E-state index in [1.165, 1.54) is 0 Å². The summed E-state index contributed by atoms with van der Waals surface area (Å²) in [4.78, 5) is 17.7. The Morgan fingerprint density at radius 2 is 1.97 bits per heavy atom. The molecule has 0 saturated carbocycles. The van der Waals surface area contributed by atoms with E-state index in [9.17, 15) is 4.79 Å². The van der Waals surface area contributed by atoms with E-state index in [0.29, 0.717) is 41.9 Å². The van der Waals surface area contributed by atoms with Crippen molar-refractivity contribution in [3.05, 3.63) is 80.6 Å². The number of hydrogen-bond acceptors (Lipinski definition) is 3. The first kappa shape index (κ1) is 22.3. The summed E-state index contributed by atoms with van der Waals surface area (Å²) in [5, 5.41) is 5.48. The van der Waals surface area contributed by atoms with Gasteiger partial charge in [0.2, 0.25) is 0 Å². The Bertz CT molecular complexity index is 1070. The predicted molar refractivity (Wildman–Crippen MR) is 127 cm³/mol. The number of methoxy groups -OCH3 is 1. The molecular weight excluding hydrogens is 418 g/mol. The third-order valence-corrected chi connectivity index (χ3v) is 5.68. The SMILES string of the molecule is COCCCNC(=S)N(Cc1ccccc1)Cc1cc2cc(C)c(Cl)cc2[nH]c1=O. The van der Waals surface area contributed by atoms with Gasteiger partial charge in [-0.3, -0.25) is 4.79 Å². The molecule has 3 aromatic rings. The molecule has 7 heteroatoms. The zero-order valence-electron chi connectivity index (χ0n) is 17.2. The average Bonchev–Trinajstić information content (AvgIpc) is 2.73. The van der Waals surface area contributed by atoms with Gasteiger partial charge in [-0.2, -0.15) is 0 Å². The summed E-state index contributed by atoms with van der Waals surface area (Å²) in [6.07, 6.45) is 0.854. The minimum atomic E-state index is -0.136. The number of rotatable bonds is 8. The number of aromatic nitrogens is 1. The standard InChI is InChI=1S/C23H26ClN3O2S/c1-16-11-18-12-19(22(28)26-21(18)13-20(16)24)15-27(14-17-7-4-3-5-8-17)23(30)25-9-6-10-29-2/h3-5,7-8,11-13H,6,9-10,14-15H2,1-2H3,(H,25,30)(H,26,28). The van der Waals surface area contributed by atoms with Crippen LogP contribution in [0.4, 0.5) is 0 Å². The van der Waals surface area contributed by atoms with Gasteiger partial charge in [0.25, 0.3) is 5.56 Å². The molecule has 30 heavy (non-hydrogen) atoms. The number of nitrogens with one attached hydrogen (secondary N) is 2. The fourth-order valence-corrected chi connectivity index (χ4v) is 3.63. The molecule has 5 nitrogen and oxygen atoms in total. The van der Waals surface area contributed by atoms with Crippen LogP contribution in [0.2, 0.25) is 5.02 Å². The molecule has 1 heterocycles. The Balaban J connectivity index is 1.85. The largest absolute Gasteiger partial charge is 0.385 e. The van der Waals surface area contributed by atoms with Gasteiger partial charge in [-0.15, -0.1) is 0 Å². The lowest BCUT2D eigenvalue weighted by Crippen LogP contribution is -2.40. The number of benzene rings is 2. The molecule has 0 unspecified atom stereocenters. The molecule has 2 N–H and O–H groups in total. The van der Waals surface area contributed by atoms with Crippen molar-refractivity contribution >= 4 is 39.8 Å². The van der Waals surface area contributed by atoms with Gasteiger partial charge in [0.15, 0.2) is 5.11 Å². The molecule has 0 saturated heterocycles. The number of H-pyrrole nitrogens is 1. The minimum Gasteiger partial charge on any atom is -0.385 e. The first-order valence-electron chi connectivity index (χ1n) is 9.85. The molecule has 1 aromatic heterocycles. The van der Waals surface area contributed by atoms with Crippen molar-refractivity contribution in [2.45, 2.75) is 26.4 Å². The molecule has 0 atom stereocenters. The molecule has 0 radical (unpaired) electrons. The Hall–Kier alpha value is -2.41. The second-order valence-electron chi connectivity index (χ2n) is 7.23. The molecule has 0 aliphatic heterocycles. The third-order valence-electron chi connectivity index (χ3n) is 4.87. The minimum absolute atomic E-state index is 0.136. The highest BCUT2D eigenvalue weighted by molar-refractivity contribution is 7.80. The van der Waals surface area contributed by atoms with E-state index in [0.717, 1.165) is 28.5 Å². The van der Waals surface area contributed by atoms with Gasteiger partial charge < -0.3 is 19.9 Å². The second-order valence-corrected chi connectivity index (χ2v) is 8.03. The van der Waals surface area contributed by atoms with E-state index in [-0.39, 0.29) is 5.56 Å². The number of halogens is 1. The van der Waals surface area contributed by atoms with Crippen LogP contribution >= 0.6 is 23.8 Å². The number of ether oxygens (including phenoxy) is 1. The summed E-state index contributed by atoms with van der Waals surface area (Å²) in [6.45, 7) is 4.34. The molecule has 2 aromatic carbocycles. The maximum absolute atomic E-state index is 12.7. The zero-order chi connectivity index (χ0) is 21.5. The molecule has 0 amide bonds. The van der Waals surface area contributed by atoms with Crippen molar-refractivity contribution in [2.24, 2.45) is 0 Å². The van der Waals surface area contributed by atoms with Crippen LogP contribution in [-0.2, 0) is 17.8 Å². The van der Waals surface area contributed by atoms with Gasteiger partial charge >= 0.3 is 0 Å². The van der Waals surface area contributed by atoms with Crippen LogP contribution in [0, 0.1) is 6.92 Å². The van der Waals surface area contributed by atoms with Crippen LogP contribution < -0.4 is 10.9 Å². The number of pyridine rings is 1. The van der Waals surface area contributed by atoms with Crippen molar-refractivity contribution in [3.63, 3.8) is 0 Å². The van der Waals surface area contributed by atoms with Crippen molar-refractivity contribution in [3.8, 4) is 0 Å². The Kier molecular flexibility index (Phi) is 7.85. The Morgan fingerprint density at radius 1 is 1.20 bits per heavy atom. The second kappa shape index (κ2) is 10.6. The summed E-state index contributed by atoms with van der Waals surface area (Å²) >= 11 is 11.8. The first-order chi connectivity index (χ1) is 14.5. The van der Waals surface area contributed by atoms with Crippen molar-refractivity contribution < 1.29 is 4.74 Å². The molecule has 0 bridgehead atoms. The Labute approximate surface area is 187 Å². The van der Waals surface area contributed by atoms with Crippen LogP contribution in [0.1, 0.15) is 23.1 Å². The van der Waals surface area contributed by atoms with Crippen LogP contribution in [-0.4, -0.2) is 35.3 Å². The number of hydrogen-bond donors (Lipinski definition) is 2. The van der Waals surface area contributed by atoms with E-state index >= 15 is 0 Å². The van der Waals surface area contributed by atoms with Crippen molar-refractivity contribution in [1.82, 2.24) is 15.2 Å². The molecule has 0 aliphatic carbocycles. The van der Waals surface area contributed by atoms with Crippen molar-refractivity contribution in [1.29, 1.82) is 0 Å². The number of aryl methyl sites for hydroxylation is 1. The summed E-state index contributed by atoms with van der Waals surface area (Å²) in [5.41, 5.74) is 3.34. The van der Waals surface area contributed by atoms with Gasteiger partial charge in [0, 0.05) is 42.9 Å². The number of fused-ring (bicyclic) bond motifs is 1. The third kappa shape index (κ3) is 5.81. The van der Waals surface area contributed by atoms with E-state index in [4.69, 9.17) is 28.6 Å². The lowest BCUT2D eigenvalue weighted by atomic mass is 10.1. The van der Waals surface area contributed by atoms with Crippen molar-refractivity contribution in [2.75, 3.05) is 20.3 Å². The topological polar surface area (TPSA) is 57.4 Å². The first-order valence-corrected chi connectivity index (χ1v) is 10.6. The van der Waals surface area contributed by atoms with Crippen LogP contribution in [0.5, 0.6) is 0 Å². The Morgan fingerprint density at radius 3 is 2.70 bits per heavy atom. The maximum Gasteiger partial charge on any atom is 0.253 e. The van der Waals surface area contributed by atoms with Gasteiger partial charge in [-0.25, -0.2) is 0 Å². The summed E-state index contributed by atoms with van der Waals surface area (Å²) in [7, 11) is 1.68. The highest BCUT2D eigenvalue weighted by Gasteiger charge is 2.14. The number of nitrogens with zero attached hydrogens (tertiary/aromatic N) is 1. The molecule has 0 aliphatic rings. The van der Waals surface area contributed by atoms with E-state index in [1.54, 1.807) is 13.2 Å². The smallest absolute Gasteiger partial charge is 0.253 e. The molecular formula is C23H26ClN3O2S. The predicted octanol–water partition coefficient (Wildman–Crippen LogP) is 4.40. The van der Waals surface area contributed by atoms with Gasteiger partial charge in [-0.05, 0) is 60.3 Å². The zero-order valence-corrected chi connectivity index (χ0v) is 18.8. The summed E-state index contributed by atoms with van der Waals surface area (Å²) < 4.78 is 5.10. The normalized spacial score (nSPS) is 10.9.